The van der Waals surface area contributed by atoms with Gasteiger partial charge in [-0.2, -0.15) is 10.2 Å². The number of rotatable bonds is 6. The van der Waals surface area contributed by atoms with Gasteiger partial charge in [-0.1, -0.05) is 56.3 Å². The van der Waals surface area contributed by atoms with Gasteiger partial charge >= 0.3 is 0 Å². The molecule has 1 unspecified atom stereocenters. The number of aromatic nitrogens is 4. The second kappa shape index (κ2) is 10.2. The van der Waals surface area contributed by atoms with E-state index in [1.54, 1.807) is 12.5 Å². The molecule has 0 N–H and O–H groups in total. The van der Waals surface area contributed by atoms with Crippen molar-refractivity contribution in [2.45, 2.75) is 45.8 Å². The van der Waals surface area contributed by atoms with Crippen LogP contribution in [0.4, 0.5) is 0 Å². The Hall–Kier alpha value is -3.47. The summed E-state index contributed by atoms with van der Waals surface area (Å²) in [7, 11) is 1.93. The van der Waals surface area contributed by atoms with E-state index in [9.17, 15) is 5.26 Å². The van der Waals surface area contributed by atoms with Crippen LogP contribution >= 0.6 is 12.4 Å². The Bertz CT molecular complexity index is 1310. The lowest BCUT2D eigenvalue weighted by Gasteiger charge is -2.20. The molecule has 2 aromatic carbocycles. The highest BCUT2D eigenvalue weighted by molar-refractivity contribution is 5.85. The van der Waals surface area contributed by atoms with Crippen LogP contribution in [0.3, 0.4) is 0 Å². The molecule has 0 amide bonds. The maximum atomic E-state index is 9.73. The second-order valence-corrected chi connectivity index (χ2v) is 9.12. The van der Waals surface area contributed by atoms with Crippen LogP contribution in [-0.2, 0) is 23.8 Å². The number of hydrogen-bond donors (Lipinski definition) is 0. The Morgan fingerprint density at radius 2 is 1.91 bits per heavy atom. The fraction of sp³-hybridized carbons (Fsp3) is 0.308. The number of nitrogens with zero attached hydrogens (tertiary/aromatic N) is 5. The number of aryl methyl sites for hydroxylation is 2. The minimum Gasteiger partial charge on any atom is -0.359 e. The lowest BCUT2D eigenvalue weighted by molar-refractivity contribution is 0.0566. The molecule has 0 aliphatic heterocycles. The zero-order valence-electron chi connectivity index (χ0n) is 19.9. The fourth-order valence-corrected chi connectivity index (χ4v) is 3.67. The number of imidazole rings is 1. The number of halogens is 1. The molecule has 0 aliphatic carbocycles. The van der Waals surface area contributed by atoms with E-state index in [1.807, 2.05) is 81.8 Å². The van der Waals surface area contributed by atoms with Gasteiger partial charge in [0.1, 0.15) is 12.7 Å². The third kappa shape index (κ3) is 5.19. The van der Waals surface area contributed by atoms with Gasteiger partial charge in [0.2, 0.25) is 5.89 Å². The highest BCUT2D eigenvalue weighted by Gasteiger charge is 2.24. The van der Waals surface area contributed by atoms with E-state index >= 15 is 0 Å². The normalized spacial score (nSPS) is 12.1. The first-order chi connectivity index (χ1) is 15.8. The molecule has 0 aliphatic rings. The van der Waals surface area contributed by atoms with Crippen molar-refractivity contribution in [2.24, 2.45) is 7.05 Å². The van der Waals surface area contributed by atoms with Crippen LogP contribution in [0.5, 0.6) is 0 Å². The van der Waals surface area contributed by atoms with Gasteiger partial charge in [0.25, 0.3) is 0 Å². The number of hydrogen-bond acceptors (Lipinski definition) is 6. The molecule has 7 nitrogen and oxygen atoms in total. The van der Waals surface area contributed by atoms with Crippen molar-refractivity contribution in [2.75, 3.05) is 0 Å². The monoisotopic (exact) mass is 477 g/mol. The maximum Gasteiger partial charge on any atom is 0.232 e. The molecule has 0 saturated heterocycles. The second-order valence-electron chi connectivity index (χ2n) is 9.12. The molecule has 34 heavy (non-hydrogen) atoms. The Kier molecular flexibility index (Phi) is 7.55. The molecule has 8 heteroatoms. The molecule has 2 aromatic heterocycles. The first-order valence-electron chi connectivity index (χ1n) is 10.8. The third-order valence-electron chi connectivity index (χ3n) is 5.51. The first kappa shape index (κ1) is 25.2. The Morgan fingerprint density at radius 1 is 1.15 bits per heavy atom. The van der Waals surface area contributed by atoms with E-state index in [-0.39, 0.29) is 24.4 Å². The van der Waals surface area contributed by atoms with Crippen molar-refractivity contribution in [3.63, 3.8) is 0 Å². The van der Waals surface area contributed by atoms with Crippen LogP contribution in [-0.4, -0.2) is 19.7 Å². The van der Waals surface area contributed by atoms with Crippen LogP contribution in [0.25, 0.3) is 11.1 Å². The van der Waals surface area contributed by atoms with Crippen molar-refractivity contribution in [1.82, 2.24) is 19.7 Å². The van der Waals surface area contributed by atoms with Gasteiger partial charge in [-0.25, -0.2) is 4.98 Å². The Balaban J connectivity index is 0.00000324. The quantitative estimate of drug-likeness (QED) is 0.355. The molecule has 176 valence electrons. The molecular weight excluding hydrogens is 450 g/mol. The van der Waals surface area contributed by atoms with E-state index in [1.165, 1.54) is 0 Å². The van der Waals surface area contributed by atoms with Crippen molar-refractivity contribution in [3.05, 3.63) is 89.1 Å². The maximum absolute atomic E-state index is 9.73. The predicted octanol–water partition coefficient (Wildman–Crippen LogP) is 5.68. The van der Waals surface area contributed by atoms with Gasteiger partial charge in [-0.05, 0) is 35.7 Å². The molecule has 4 aromatic rings. The summed E-state index contributed by atoms with van der Waals surface area (Å²) in [5.41, 5.74) is 5.18. The smallest absolute Gasteiger partial charge is 0.232 e. The largest absolute Gasteiger partial charge is 0.359 e. The third-order valence-corrected chi connectivity index (χ3v) is 5.51. The van der Waals surface area contributed by atoms with E-state index in [0.717, 1.165) is 27.9 Å². The highest BCUT2D eigenvalue weighted by atomic mass is 35.5. The van der Waals surface area contributed by atoms with Crippen molar-refractivity contribution in [3.8, 4) is 17.2 Å². The number of ether oxygens (including phenoxy) is 1. The molecule has 2 heterocycles. The molecule has 0 saturated carbocycles. The van der Waals surface area contributed by atoms with Gasteiger partial charge in [-0.15, -0.1) is 12.4 Å². The topological polar surface area (TPSA) is 89.8 Å². The van der Waals surface area contributed by atoms with Crippen LogP contribution < -0.4 is 0 Å². The summed E-state index contributed by atoms with van der Waals surface area (Å²) in [5, 5.41) is 13.8. The summed E-state index contributed by atoms with van der Waals surface area (Å²) in [6.45, 7) is 8.28. The SMILES string of the molecule is Cc1ccccc1-c1cc(C(OCc2noc(C(C)(C)C)n2)c2cncn2C)ccc1C#N.Cl. The van der Waals surface area contributed by atoms with Crippen LogP contribution in [0.15, 0.2) is 59.5 Å². The Labute approximate surface area is 205 Å². The van der Waals surface area contributed by atoms with Crippen molar-refractivity contribution < 1.29 is 9.26 Å². The average molecular weight is 478 g/mol. The Morgan fingerprint density at radius 3 is 2.53 bits per heavy atom. The number of nitriles is 1. The molecule has 0 bridgehead atoms. The fourth-order valence-electron chi connectivity index (χ4n) is 3.67. The van der Waals surface area contributed by atoms with Crippen LogP contribution in [0.2, 0.25) is 0 Å². The van der Waals surface area contributed by atoms with Crippen LogP contribution in [0, 0.1) is 18.3 Å². The summed E-state index contributed by atoms with van der Waals surface area (Å²) in [4.78, 5) is 8.76. The molecule has 1 atom stereocenters. The minimum atomic E-state index is -0.426. The average Bonchev–Trinajstić information content (AvgIpc) is 3.44. The summed E-state index contributed by atoms with van der Waals surface area (Å²) in [6, 6.07) is 16.2. The van der Waals surface area contributed by atoms with E-state index in [0.29, 0.717) is 17.3 Å². The summed E-state index contributed by atoms with van der Waals surface area (Å²) in [5.74, 6) is 1.05. The zero-order valence-corrected chi connectivity index (χ0v) is 20.8. The molecule has 4 rings (SSSR count). The molecule has 0 radical (unpaired) electrons. The van der Waals surface area contributed by atoms with Gasteiger partial charge in [0.15, 0.2) is 5.82 Å². The lowest BCUT2D eigenvalue weighted by atomic mass is 9.93. The van der Waals surface area contributed by atoms with Crippen molar-refractivity contribution >= 4 is 12.4 Å². The van der Waals surface area contributed by atoms with E-state index in [4.69, 9.17) is 9.26 Å². The first-order valence-corrected chi connectivity index (χ1v) is 10.8. The summed E-state index contributed by atoms with van der Waals surface area (Å²) in [6.07, 6.45) is 3.10. The standard InChI is InChI=1S/C26H27N5O2.ClH/c1-17-8-6-7-9-20(17)21-12-18(10-11-19(21)13-27)24(22-14-28-16-31(22)5)32-15-23-29-25(33-30-23)26(2,3)4;/h6-12,14,16,24H,15H2,1-5H3;1H. The zero-order chi connectivity index (χ0) is 23.6. The van der Waals surface area contributed by atoms with Gasteiger partial charge in [0, 0.05) is 18.0 Å². The van der Waals surface area contributed by atoms with Gasteiger partial charge < -0.3 is 13.8 Å². The van der Waals surface area contributed by atoms with Gasteiger partial charge in [-0.3, -0.25) is 0 Å². The van der Waals surface area contributed by atoms with Crippen molar-refractivity contribution in [1.29, 1.82) is 5.26 Å². The highest BCUT2D eigenvalue weighted by Crippen LogP contribution is 2.33. The lowest BCUT2D eigenvalue weighted by Crippen LogP contribution is -2.13. The van der Waals surface area contributed by atoms with Gasteiger partial charge in [0.05, 0.1) is 29.9 Å². The van der Waals surface area contributed by atoms with E-state index < -0.39 is 6.10 Å². The van der Waals surface area contributed by atoms with E-state index in [2.05, 4.69) is 21.2 Å². The number of benzene rings is 2. The summed E-state index contributed by atoms with van der Waals surface area (Å²) < 4.78 is 13.7. The van der Waals surface area contributed by atoms with Crippen LogP contribution in [0.1, 0.15) is 61.0 Å². The molecular formula is C26H28ClN5O2. The summed E-state index contributed by atoms with van der Waals surface area (Å²) >= 11 is 0. The predicted molar refractivity (Wildman–Crippen MR) is 131 cm³/mol. The molecule has 0 fully saturated rings. The molecule has 0 spiro atoms. The minimum absolute atomic E-state index is 0.